The van der Waals surface area contributed by atoms with E-state index >= 15 is 0 Å². The number of nitrogens with one attached hydrogen (secondary N) is 1. The molecule has 0 fully saturated rings. The Hall–Kier alpha value is -2.61. The molecule has 0 atom stereocenters. The van der Waals surface area contributed by atoms with Crippen molar-refractivity contribution in [3.63, 3.8) is 0 Å². The monoisotopic (exact) mass is 395 g/mol. The molecule has 1 aromatic heterocycles. The number of thiophene rings is 1. The van der Waals surface area contributed by atoms with Crippen LogP contribution in [0.5, 0.6) is 0 Å². The number of ether oxygens (including phenoxy) is 1. The quantitative estimate of drug-likeness (QED) is 0.598. The molecule has 0 unspecified atom stereocenters. The van der Waals surface area contributed by atoms with Crippen LogP contribution in [0, 0.1) is 17.0 Å². The Morgan fingerprint density at radius 2 is 1.70 bits per heavy atom. The third kappa shape index (κ3) is 5.43. The van der Waals surface area contributed by atoms with E-state index in [1.807, 2.05) is 0 Å². The van der Waals surface area contributed by atoms with E-state index in [-0.39, 0.29) is 12.5 Å². The van der Waals surface area contributed by atoms with Crippen LogP contribution < -0.4 is 5.32 Å². The summed E-state index contributed by atoms with van der Waals surface area (Å²) in [5.41, 5.74) is -1.35. The largest absolute Gasteiger partial charge is 0.454 e. The van der Waals surface area contributed by atoms with Gasteiger partial charge in [0.1, 0.15) is 17.2 Å². The lowest BCUT2D eigenvalue weighted by Crippen LogP contribution is -2.34. The van der Waals surface area contributed by atoms with Crippen molar-refractivity contribution in [3.8, 4) is 0 Å². The maximum Gasteiger partial charge on any atom is 0.344 e. The highest BCUT2D eigenvalue weighted by Crippen LogP contribution is 2.19. The highest BCUT2D eigenvalue weighted by Gasteiger charge is 2.22. The van der Waals surface area contributed by atoms with Gasteiger partial charge in [0.05, 0.1) is 11.4 Å². The standard InChI is InChI=1S/C19H19F2NO4S/c1-19(2,3)18(25)22-9-11-7-8-15(27-11)14(23)10-26-17(24)16-12(20)5-4-6-13(16)21/h4-8H,9-10H2,1-3H3,(H,22,25). The van der Waals surface area contributed by atoms with Crippen LogP contribution in [0.4, 0.5) is 8.78 Å². The Bertz CT molecular complexity index is 851. The number of hydrogen-bond acceptors (Lipinski definition) is 5. The molecule has 5 nitrogen and oxygen atoms in total. The average molecular weight is 395 g/mol. The van der Waals surface area contributed by atoms with Crippen LogP contribution >= 0.6 is 11.3 Å². The summed E-state index contributed by atoms with van der Waals surface area (Å²) in [6.07, 6.45) is 0. The number of benzene rings is 1. The van der Waals surface area contributed by atoms with Crippen molar-refractivity contribution in [1.29, 1.82) is 0 Å². The van der Waals surface area contributed by atoms with Gasteiger partial charge in [-0.1, -0.05) is 26.8 Å². The van der Waals surface area contributed by atoms with Crippen LogP contribution in [0.15, 0.2) is 30.3 Å². The highest BCUT2D eigenvalue weighted by molar-refractivity contribution is 7.14. The van der Waals surface area contributed by atoms with Gasteiger partial charge in [0.15, 0.2) is 6.61 Å². The molecule has 1 heterocycles. The van der Waals surface area contributed by atoms with Crippen molar-refractivity contribution in [2.24, 2.45) is 5.41 Å². The van der Waals surface area contributed by atoms with E-state index in [4.69, 9.17) is 4.74 Å². The van der Waals surface area contributed by atoms with Gasteiger partial charge in [-0.15, -0.1) is 11.3 Å². The van der Waals surface area contributed by atoms with Gasteiger partial charge in [0, 0.05) is 10.3 Å². The van der Waals surface area contributed by atoms with Gasteiger partial charge in [-0.25, -0.2) is 13.6 Å². The molecule has 0 radical (unpaired) electrons. The van der Waals surface area contributed by atoms with E-state index in [1.165, 1.54) is 0 Å². The molecule has 27 heavy (non-hydrogen) atoms. The molecule has 0 spiro atoms. The molecule has 144 valence electrons. The molecular formula is C19H19F2NO4S. The molecule has 2 rings (SSSR count). The van der Waals surface area contributed by atoms with Crippen molar-refractivity contribution in [2.45, 2.75) is 27.3 Å². The normalized spacial score (nSPS) is 11.1. The lowest BCUT2D eigenvalue weighted by molar-refractivity contribution is -0.128. The second-order valence-corrected chi connectivity index (χ2v) is 7.96. The fourth-order valence-electron chi connectivity index (χ4n) is 2.02. The van der Waals surface area contributed by atoms with Gasteiger partial charge in [0.2, 0.25) is 11.7 Å². The molecule has 0 bridgehead atoms. The minimum atomic E-state index is -1.24. The van der Waals surface area contributed by atoms with Crippen molar-refractivity contribution >= 4 is 29.0 Å². The predicted octanol–water partition coefficient (Wildman–Crippen LogP) is 3.73. The van der Waals surface area contributed by atoms with Crippen molar-refractivity contribution < 1.29 is 27.9 Å². The third-order valence-corrected chi connectivity index (χ3v) is 4.67. The predicted molar refractivity (Wildman–Crippen MR) is 96.6 cm³/mol. The number of ketones is 1. The molecule has 1 N–H and O–H groups in total. The van der Waals surface area contributed by atoms with Gasteiger partial charge in [-0.05, 0) is 24.3 Å². The first kappa shape index (κ1) is 20.7. The second-order valence-electron chi connectivity index (χ2n) is 6.79. The van der Waals surface area contributed by atoms with Crippen LogP contribution in [-0.2, 0) is 16.1 Å². The summed E-state index contributed by atoms with van der Waals surface area (Å²) in [5, 5.41) is 2.77. The average Bonchev–Trinajstić information content (AvgIpc) is 3.05. The summed E-state index contributed by atoms with van der Waals surface area (Å²) < 4.78 is 31.8. The summed E-state index contributed by atoms with van der Waals surface area (Å²) in [6, 6.07) is 6.21. The fourth-order valence-corrected chi connectivity index (χ4v) is 2.89. The number of carbonyl (C=O) groups excluding carboxylic acids is 3. The van der Waals surface area contributed by atoms with Crippen molar-refractivity contribution in [1.82, 2.24) is 5.32 Å². The Morgan fingerprint density at radius 1 is 1.07 bits per heavy atom. The topological polar surface area (TPSA) is 72.5 Å². The van der Waals surface area contributed by atoms with Gasteiger partial charge in [0.25, 0.3) is 0 Å². The summed E-state index contributed by atoms with van der Waals surface area (Å²) in [6.45, 7) is 5.00. The molecule has 0 aliphatic heterocycles. The first-order valence-corrected chi connectivity index (χ1v) is 8.92. The minimum Gasteiger partial charge on any atom is -0.454 e. The molecule has 0 saturated carbocycles. The lowest BCUT2D eigenvalue weighted by atomic mass is 9.96. The van der Waals surface area contributed by atoms with E-state index in [0.29, 0.717) is 4.88 Å². The molecule has 2 aromatic rings. The van der Waals surface area contributed by atoms with E-state index in [2.05, 4.69) is 5.32 Å². The van der Waals surface area contributed by atoms with Crippen LogP contribution in [-0.4, -0.2) is 24.3 Å². The lowest BCUT2D eigenvalue weighted by Gasteiger charge is -2.17. The molecule has 1 amide bonds. The highest BCUT2D eigenvalue weighted by atomic mass is 32.1. The first-order chi connectivity index (χ1) is 12.6. The summed E-state index contributed by atoms with van der Waals surface area (Å²) in [7, 11) is 0. The molecule has 1 aromatic carbocycles. The van der Waals surface area contributed by atoms with Crippen LogP contribution in [0.3, 0.4) is 0 Å². The van der Waals surface area contributed by atoms with Gasteiger partial charge in [-0.3, -0.25) is 9.59 Å². The fraction of sp³-hybridized carbons (Fsp3) is 0.316. The molecule has 0 aliphatic rings. The summed E-state index contributed by atoms with van der Waals surface area (Å²) >= 11 is 1.14. The molecular weight excluding hydrogens is 376 g/mol. The van der Waals surface area contributed by atoms with Crippen molar-refractivity contribution in [2.75, 3.05) is 6.61 Å². The number of esters is 1. The maximum atomic E-state index is 13.5. The van der Waals surface area contributed by atoms with Crippen molar-refractivity contribution in [3.05, 3.63) is 57.3 Å². The SMILES string of the molecule is CC(C)(C)C(=O)NCc1ccc(C(=O)COC(=O)c2c(F)cccc2F)s1. The van der Waals surface area contributed by atoms with E-state index < -0.39 is 41.0 Å². The van der Waals surface area contributed by atoms with Crippen LogP contribution in [0.2, 0.25) is 0 Å². The van der Waals surface area contributed by atoms with E-state index in [0.717, 1.165) is 34.4 Å². The molecule has 0 aliphatic carbocycles. The number of hydrogen-bond donors (Lipinski definition) is 1. The number of Topliss-reactive ketones (excluding diaryl/α,β-unsaturated/α-hetero) is 1. The number of amides is 1. The Morgan fingerprint density at radius 3 is 2.30 bits per heavy atom. The van der Waals surface area contributed by atoms with Gasteiger partial charge < -0.3 is 10.1 Å². The Kier molecular flexibility index (Phi) is 6.43. The maximum absolute atomic E-state index is 13.5. The van der Waals surface area contributed by atoms with Gasteiger partial charge in [-0.2, -0.15) is 0 Å². The van der Waals surface area contributed by atoms with Crippen LogP contribution in [0.25, 0.3) is 0 Å². The van der Waals surface area contributed by atoms with Gasteiger partial charge >= 0.3 is 5.97 Å². The number of carbonyl (C=O) groups is 3. The number of rotatable bonds is 6. The first-order valence-electron chi connectivity index (χ1n) is 8.11. The zero-order valence-electron chi connectivity index (χ0n) is 15.1. The number of halogens is 2. The summed E-state index contributed by atoms with van der Waals surface area (Å²) in [4.78, 5) is 36.8. The zero-order chi connectivity index (χ0) is 20.2. The minimum absolute atomic E-state index is 0.121. The molecule has 0 saturated heterocycles. The third-order valence-electron chi connectivity index (χ3n) is 3.54. The van der Waals surface area contributed by atoms with E-state index in [1.54, 1.807) is 32.9 Å². The second kappa shape index (κ2) is 8.39. The zero-order valence-corrected chi connectivity index (χ0v) is 15.9. The van der Waals surface area contributed by atoms with E-state index in [9.17, 15) is 23.2 Å². The van der Waals surface area contributed by atoms with Crippen LogP contribution in [0.1, 0.15) is 45.7 Å². The Balaban J connectivity index is 1.93. The smallest absolute Gasteiger partial charge is 0.344 e. The Labute approximate surface area is 159 Å². The summed E-state index contributed by atoms with van der Waals surface area (Å²) in [5.74, 6) is -3.97. The molecule has 8 heteroatoms.